The Labute approximate surface area is 105 Å². The number of hydrogen-bond donors (Lipinski definition) is 0. The van der Waals surface area contributed by atoms with Crippen LogP contribution in [-0.2, 0) is 0 Å². The molecule has 2 radical (unpaired) electrons. The lowest BCUT2D eigenvalue weighted by Gasteiger charge is -2.32. The van der Waals surface area contributed by atoms with Gasteiger partial charge < -0.3 is 0 Å². The Morgan fingerprint density at radius 1 is 0.750 bits per heavy atom. The van der Waals surface area contributed by atoms with Gasteiger partial charge in [-0.25, -0.2) is 0 Å². The minimum atomic E-state index is 0.458. The molecule has 94 valence electrons. The largest absolute Gasteiger partial charge is 0.0832 e. The highest BCUT2D eigenvalue weighted by Crippen LogP contribution is 2.37. The SMILES string of the molecule is [B]CC(CC)(CCC)CCCCCCCC. The predicted octanol–water partition coefficient (Wildman–Crippen LogP) is 5.52. The molecule has 0 amide bonds. The van der Waals surface area contributed by atoms with Crippen molar-refractivity contribution in [2.45, 2.75) is 91.3 Å². The normalized spacial score (nSPS) is 14.9. The molecule has 0 aliphatic heterocycles. The maximum atomic E-state index is 5.97. The Kier molecular flexibility index (Phi) is 10.3. The van der Waals surface area contributed by atoms with E-state index in [-0.39, 0.29) is 0 Å². The van der Waals surface area contributed by atoms with Crippen molar-refractivity contribution in [3.8, 4) is 0 Å². The number of hydrogen-bond acceptors (Lipinski definition) is 0. The second-order valence-corrected chi connectivity index (χ2v) is 5.33. The summed E-state index contributed by atoms with van der Waals surface area (Å²) in [4.78, 5) is 0. The monoisotopic (exact) mass is 222 g/mol. The standard InChI is InChI=1S/C15H31B/c1-4-7-8-9-10-11-13-15(6-3,14-16)12-5-2/h4-14H2,1-3H3. The Balaban J connectivity index is 3.67. The Morgan fingerprint density at radius 3 is 1.88 bits per heavy atom. The van der Waals surface area contributed by atoms with E-state index in [1.54, 1.807) is 0 Å². The fourth-order valence-corrected chi connectivity index (χ4v) is 2.64. The van der Waals surface area contributed by atoms with Gasteiger partial charge in [0, 0.05) is 0 Å². The van der Waals surface area contributed by atoms with Crippen molar-refractivity contribution in [3.05, 3.63) is 0 Å². The first-order chi connectivity index (χ1) is 7.74. The first-order valence-electron chi connectivity index (χ1n) is 7.44. The van der Waals surface area contributed by atoms with Gasteiger partial charge in [-0.05, 0) is 18.3 Å². The van der Waals surface area contributed by atoms with Crippen LogP contribution in [-0.4, -0.2) is 7.85 Å². The molecule has 0 N–H and O–H groups in total. The molecular formula is C15H31B. The van der Waals surface area contributed by atoms with Crippen LogP contribution in [0.15, 0.2) is 0 Å². The van der Waals surface area contributed by atoms with Crippen LogP contribution in [0.3, 0.4) is 0 Å². The van der Waals surface area contributed by atoms with E-state index in [0.29, 0.717) is 5.41 Å². The second kappa shape index (κ2) is 10.2. The lowest BCUT2D eigenvalue weighted by atomic mass is 9.68. The van der Waals surface area contributed by atoms with E-state index < -0.39 is 0 Å². The van der Waals surface area contributed by atoms with Crippen molar-refractivity contribution in [2.24, 2.45) is 5.41 Å². The first kappa shape index (κ1) is 16.1. The molecule has 0 spiro atoms. The van der Waals surface area contributed by atoms with Gasteiger partial charge in [0.05, 0.1) is 7.85 Å². The maximum Gasteiger partial charge on any atom is 0.0660 e. The van der Waals surface area contributed by atoms with E-state index in [9.17, 15) is 0 Å². The van der Waals surface area contributed by atoms with Gasteiger partial charge in [-0.1, -0.05) is 78.5 Å². The van der Waals surface area contributed by atoms with Crippen molar-refractivity contribution >= 4 is 7.85 Å². The molecule has 0 nitrogen and oxygen atoms in total. The van der Waals surface area contributed by atoms with Gasteiger partial charge in [-0.2, -0.15) is 0 Å². The summed E-state index contributed by atoms with van der Waals surface area (Å²) in [5.41, 5.74) is 0.458. The van der Waals surface area contributed by atoms with Gasteiger partial charge in [0.15, 0.2) is 0 Å². The van der Waals surface area contributed by atoms with Crippen molar-refractivity contribution in [3.63, 3.8) is 0 Å². The smallest absolute Gasteiger partial charge is 0.0660 e. The molecule has 0 bridgehead atoms. The fourth-order valence-electron chi connectivity index (χ4n) is 2.64. The summed E-state index contributed by atoms with van der Waals surface area (Å²) >= 11 is 0. The molecule has 0 aromatic carbocycles. The first-order valence-corrected chi connectivity index (χ1v) is 7.44. The average molecular weight is 222 g/mol. The molecule has 0 aliphatic rings. The summed E-state index contributed by atoms with van der Waals surface area (Å²) in [6.07, 6.45) is 14.5. The van der Waals surface area contributed by atoms with Crippen LogP contribution in [0.5, 0.6) is 0 Å². The van der Waals surface area contributed by atoms with Gasteiger partial charge in [0.1, 0.15) is 0 Å². The zero-order chi connectivity index (χ0) is 12.3. The molecule has 0 heterocycles. The van der Waals surface area contributed by atoms with Gasteiger partial charge in [0.2, 0.25) is 0 Å². The fraction of sp³-hybridized carbons (Fsp3) is 1.00. The average Bonchev–Trinajstić information content (AvgIpc) is 2.32. The zero-order valence-electron chi connectivity index (χ0n) is 11.9. The van der Waals surface area contributed by atoms with Gasteiger partial charge in [-0.3, -0.25) is 0 Å². The lowest BCUT2D eigenvalue weighted by Crippen LogP contribution is -2.19. The molecule has 0 aromatic heterocycles. The highest BCUT2D eigenvalue weighted by Gasteiger charge is 2.23. The van der Waals surface area contributed by atoms with E-state index in [4.69, 9.17) is 7.85 Å². The molecular weight excluding hydrogens is 191 g/mol. The molecule has 1 unspecified atom stereocenters. The van der Waals surface area contributed by atoms with Crippen LogP contribution in [0, 0.1) is 5.41 Å². The number of unbranched alkanes of at least 4 members (excludes halogenated alkanes) is 5. The predicted molar refractivity (Wildman–Crippen MR) is 76.2 cm³/mol. The van der Waals surface area contributed by atoms with Crippen LogP contribution in [0.2, 0.25) is 6.32 Å². The summed E-state index contributed by atoms with van der Waals surface area (Å²) in [5.74, 6) is 0. The number of rotatable bonds is 11. The lowest BCUT2D eigenvalue weighted by molar-refractivity contribution is 0.248. The van der Waals surface area contributed by atoms with Crippen LogP contribution in [0.25, 0.3) is 0 Å². The van der Waals surface area contributed by atoms with Crippen LogP contribution >= 0.6 is 0 Å². The van der Waals surface area contributed by atoms with Crippen LogP contribution in [0.1, 0.15) is 85.0 Å². The minimum Gasteiger partial charge on any atom is -0.0832 e. The van der Waals surface area contributed by atoms with Crippen molar-refractivity contribution in [2.75, 3.05) is 0 Å². The molecule has 0 aliphatic carbocycles. The van der Waals surface area contributed by atoms with Gasteiger partial charge in [-0.15, -0.1) is 0 Å². The highest BCUT2D eigenvalue weighted by molar-refractivity contribution is 6.09. The Morgan fingerprint density at radius 2 is 1.38 bits per heavy atom. The van der Waals surface area contributed by atoms with E-state index in [1.807, 2.05) is 0 Å². The third-order valence-electron chi connectivity index (χ3n) is 4.02. The van der Waals surface area contributed by atoms with Gasteiger partial charge in [0.25, 0.3) is 0 Å². The molecule has 0 saturated carbocycles. The van der Waals surface area contributed by atoms with Crippen LogP contribution < -0.4 is 0 Å². The quantitative estimate of drug-likeness (QED) is 0.319. The molecule has 0 saturated heterocycles. The van der Waals surface area contributed by atoms with Crippen molar-refractivity contribution in [1.29, 1.82) is 0 Å². The zero-order valence-corrected chi connectivity index (χ0v) is 11.9. The molecule has 16 heavy (non-hydrogen) atoms. The summed E-state index contributed by atoms with van der Waals surface area (Å²) in [7, 11) is 5.97. The minimum absolute atomic E-state index is 0.458. The van der Waals surface area contributed by atoms with Gasteiger partial charge >= 0.3 is 0 Å². The summed E-state index contributed by atoms with van der Waals surface area (Å²) in [6.45, 7) is 6.86. The van der Waals surface area contributed by atoms with Crippen molar-refractivity contribution in [1.82, 2.24) is 0 Å². The third kappa shape index (κ3) is 6.61. The topological polar surface area (TPSA) is 0 Å². The van der Waals surface area contributed by atoms with E-state index in [2.05, 4.69) is 20.8 Å². The Hall–Kier alpha value is 0.0649. The summed E-state index contributed by atoms with van der Waals surface area (Å²) < 4.78 is 0. The molecule has 0 fully saturated rings. The highest BCUT2D eigenvalue weighted by atomic mass is 14.3. The summed E-state index contributed by atoms with van der Waals surface area (Å²) in [5, 5.41) is 0. The van der Waals surface area contributed by atoms with E-state index >= 15 is 0 Å². The summed E-state index contributed by atoms with van der Waals surface area (Å²) in [6, 6.07) is 0. The molecule has 0 rings (SSSR count). The van der Waals surface area contributed by atoms with E-state index in [1.165, 1.54) is 64.2 Å². The maximum absolute atomic E-state index is 5.97. The van der Waals surface area contributed by atoms with E-state index in [0.717, 1.165) is 6.32 Å². The third-order valence-corrected chi connectivity index (χ3v) is 4.02. The molecule has 1 atom stereocenters. The molecule has 0 aromatic rings. The van der Waals surface area contributed by atoms with Crippen LogP contribution in [0.4, 0.5) is 0 Å². The molecule has 1 heteroatoms. The van der Waals surface area contributed by atoms with Crippen molar-refractivity contribution < 1.29 is 0 Å². The second-order valence-electron chi connectivity index (χ2n) is 5.33. The Bertz CT molecular complexity index is 138.